The first-order valence-corrected chi connectivity index (χ1v) is 6.56. The Morgan fingerprint density at radius 2 is 1.67 bits per heavy atom. The maximum Gasteiger partial charge on any atom is 0.368 e. The van der Waals surface area contributed by atoms with Crippen molar-refractivity contribution in [1.29, 1.82) is 0 Å². The van der Waals surface area contributed by atoms with E-state index in [2.05, 4.69) is 0 Å². The zero-order valence-electron chi connectivity index (χ0n) is 6.28. The van der Waals surface area contributed by atoms with Crippen LogP contribution in [-0.4, -0.2) is 38.1 Å². The summed E-state index contributed by atoms with van der Waals surface area (Å²) >= 11 is 0. The molecule has 0 rings (SSSR count). The van der Waals surface area contributed by atoms with Gasteiger partial charge in [-0.3, -0.25) is 9.13 Å². The largest absolute Gasteiger partial charge is 0.368 e. The van der Waals surface area contributed by atoms with E-state index < -0.39 is 26.6 Å². The molecule has 2 unspecified atom stereocenters. The molecule has 0 saturated carbocycles. The normalized spacial score (nSPS) is 22.8. The van der Waals surface area contributed by atoms with Crippen LogP contribution < -0.4 is 5.73 Å². The molecule has 9 heteroatoms. The minimum Gasteiger partial charge on any atom is -0.368 e. The van der Waals surface area contributed by atoms with Gasteiger partial charge in [-0.25, -0.2) is 0 Å². The third-order valence-electron chi connectivity index (χ3n) is 1.40. The lowest BCUT2D eigenvalue weighted by atomic mass is 10.7. The molecule has 0 aromatic heterocycles. The molecule has 0 spiro atoms. The standard InChI is InChI=1S/C3H11NO6P2/c1-11(6,7)3(5,2-4)12(8,9)10/h5H,2,4H2,1H3,(H,6,7)(H2,8,9,10). The summed E-state index contributed by atoms with van der Waals surface area (Å²) in [6, 6.07) is 0. The Morgan fingerprint density at radius 1 is 1.33 bits per heavy atom. The summed E-state index contributed by atoms with van der Waals surface area (Å²) in [6.45, 7) is -0.333. The van der Waals surface area contributed by atoms with E-state index in [0.717, 1.165) is 0 Å². The first-order chi connectivity index (χ1) is 5.06. The van der Waals surface area contributed by atoms with Crippen LogP contribution in [0, 0.1) is 0 Å². The minimum atomic E-state index is -5.09. The molecule has 0 radical (unpaired) electrons. The summed E-state index contributed by atoms with van der Waals surface area (Å²) in [5.74, 6) is 0. The van der Waals surface area contributed by atoms with E-state index in [1.807, 2.05) is 0 Å². The fraction of sp³-hybridized carbons (Fsp3) is 1.00. The Labute approximate surface area is 68.8 Å². The van der Waals surface area contributed by atoms with Crippen LogP contribution in [0.2, 0.25) is 0 Å². The van der Waals surface area contributed by atoms with Crippen LogP contribution in [-0.2, 0) is 9.13 Å². The molecule has 0 aliphatic carbocycles. The van der Waals surface area contributed by atoms with Gasteiger partial charge in [-0.15, -0.1) is 0 Å². The Balaban J connectivity index is 5.25. The van der Waals surface area contributed by atoms with Crippen LogP contribution in [0.4, 0.5) is 0 Å². The van der Waals surface area contributed by atoms with E-state index in [1.54, 1.807) is 0 Å². The summed E-state index contributed by atoms with van der Waals surface area (Å²) in [6.07, 6.45) is 0. The molecular formula is C3H11NO6P2. The van der Waals surface area contributed by atoms with Crippen molar-refractivity contribution in [3.63, 3.8) is 0 Å². The van der Waals surface area contributed by atoms with Crippen LogP contribution >= 0.6 is 15.0 Å². The van der Waals surface area contributed by atoms with Crippen LogP contribution in [0.15, 0.2) is 0 Å². The van der Waals surface area contributed by atoms with Crippen molar-refractivity contribution in [2.45, 2.75) is 5.08 Å². The molecule has 74 valence electrons. The molecule has 0 bridgehead atoms. The van der Waals surface area contributed by atoms with Gasteiger partial charge in [0.05, 0.1) is 0 Å². The maximum absolute atomic E-state index is 10.8. The molecule has 0 amide bonds. The summed E-state index contributed by atoms with van der Waals surface area (Å²) in [4.78, 5) is 25.8. The molecule has 0 aromatic carbocycles. The highest BCUT2D eigenvalue weighted by Gasteiger charge is 2.55. The molecule has 0 saturated heterocycles. The molecule has 6 N–H and O–H groups in total. The van der Waals surface area contributed by atoms with Gasteiger partial charge in [-0.05, 0) is 0 Å². The third kappa shape index (κ3) is 1.95. The average Bonchev–Trinajstić information content (AvgIpc) is 1.81. The minimum absolute atomic E-state index is 0.638. The highest BCUT2D eigenvalue weighted by atomic mass is 31.2. The van der Waals surface area contributed by atoms with Gasteiger partial charge in [-0.1, -0.05) is 0 Å². The first kappa shape index (κ1) is 12.3. The maximum atomic E-state index is 10.8. The molecule has 7 nitrogen and oxygen atoms in total. The predicted molar refractivity (Wildman–Crippen MR) is 41.8 cm³/mol. The SMILES string of the molecule is CP(=O)(O)C(O)(CN)P(=O)(O)O. The zero-order valence-corrected chi connectivity index (χ0v) is 8.07. The first-order valence-electron chi connectivity index (χ1n) is 2.84. The summed E-state index contributed by atoms with van der Waals surface area (Å²) < 4.78 is 21.4. The number of hydrogen-bond donors (Lipinski definition) is 5. The highest BCUT2D eigenvalue weighted by Crippen LogP contribution is 2.66. The van der Waals surface area contributed by atoms with Gasteiger partial charge >= 0.3 is 7.60 Å². The summed E-state index contributed by atoms with van der Waals surface area (Å²) in [7, 11) is -9.43. The van der Waals surface area contributed by atoms with E-state index in [-0.39, 0.29) is 0 Å². The lowest BCUT2D eigenvalue weighted by Gasteiger charge is -2.29. The quantitative estimate of drug-likeness (QED) is 0.370. The number of hydrogen-bond acceptors (Lipinski definition) is 4. The van der Waals surface area contributed by atoms with E-state index in [9.17, 15) is 9.13 Å². The van der Waals surface area contributed by atoms with Gasteiger partial charge in [0.2, 0.25) is 7.37 Å². The number of nitrogens with two attached hydrogens (primary N) is 1. The Morgan fingerprint density at radius 3 is 1.67 bits per heavy atom. The second-order valence-electron chi connectivity index (χ2n) is 2.40. The molecule has 0 fully saturated rings. The van der Waals surface area contributed by atoms with Crippen LogP contribution in [0.3, 0.4) is 0 Å². The molecular weight excluding hydrogens is 208 g/mol. The fourth-order valence-corrected chi connectivity index (χ4v) is 3.04. The highest BCUT2D eigenvalue weighted by molar-refractivity contribution is 7.74. The smallest absolute Gasteiger partial charge is 0.368 e. The Kier molecular flexibility index (Phi) is 3.26. The molecule has 12 heavy (non-hydrogen) atoms. The van der Waals surface area contributed by atoms with Crippen molar-refractivity contribution < 1.29 is 28.9 Å². The molecule has 0 aliphatic heterocycles. The van der Waals surface area contributed by atoms with Crippen molar-refractivity contribution in [2.24, 2.45) is 5.73 Å². The van der Waals surface area contributed by atoms with Gasteiger partial charge in [0.15, 0.2) is 0 Å². The molecule has 0 aromatic rings. The van der Waals surface area contributed by atoms with E-state index in [4.69, 9.17) is 25.5 Å². The predicted octanol–water partition coefficient (Wildman–Crippen LogP) is -1.33. The lowest BCUT2D eigenvalue weighted by Crippen LogP contribution is -2.36. The van der Waals surface area contributed by atoms with Crippen LogP contribution in [0.25, 0.3) is 0 Å². The van der Waals surface area contributed by atoms with Crippen molar-refractivity contribution in [2.75, 3.05) is 13.2 Å². The second-order valence-corrected chi connectivity index (χ2v) is 7.08. The van der Waals surface area contributed by atoms with E-state index in [0.29, 0.717) is 6.66 Å². The zero-order chi connectivity index (χ0) is 10.2. The topological polar surface area (TPSA) is 141 Å². The molecule has 0 heterocycles. The number of aliphatic hydroxyl groups is 1. The van der Waals surface area contributed by atoms with Gasteiger partial charge in [0, 0.05) is 13.2 Å². The van der Waals surface area contributed by atoms with Gasteiger partial charge in [0.25, 0.3) is 5.08 Å². The Hall–Kier alpha value is 0.260. The van der Waals surface area contributed by atoms with Gasteiger partial charge in [0.1, 0.15) is 0 Å². The van der Waals surface area contributed by atoms with Crippen molar-refractivity contribution in [3.05, 3.63) is 0 Å². The van der Waals surface area contributed by atoms with E-state index >= 15 is 0 Å². The molecule has 2 atom stereocenters. The third-order valence-corrected chi connectivity index (χ3v) is 5.93. The van der Waals surface area contributed by atoms with Crippen LogP contribution in [0.1, 0.15) is 0 Å². The number of rotatable bonds is 3. The van der Waals surface area contributed by atoms with Crippen molar-refractivity contribution in [1.82, 2.24) is 0 Å². The van der Waals surface area contributed by atoms with Gasteiger partial charge in [-0.2, -0.15) is 0 Å². The summed E-state index contributed by atoms with van der Waals surface area (Å²) in [5.41, 5.74) is 4.80. The molecule has 0 aliphatic rings. The van der Waals surface area contributed by atoms with Crippen LogP contribution in [0.5, 0.6) is 0 Å². The fourth-order valence-electron chi connectivity index (χ4n) is 0.530. The van der Waals surface area contributed by atoms with Crippen molar-refractivity contribution in [3.8, 4) is 0 Å². The van der Waals surface area contributed by atoms with Crippen molar-refractivity contribution >= 4 is 15.0 Å². The van der Waals surface area contributed by atoms with E-state index in [1.165, 1.54) is 0 Å². The summed E-state index contributed by atoms with van der Waals surface area (Å²) in [5, 5.41) is 6.06. The average molecular weight is 219 g/mol. The van der Waals surface area contributed by atoms with Gasteiger partial charge < -0.3 is 25.5 Å². The second kappa shape index (κ2) is 3.20. The lowest BCUT2D eigenvalue weighted by molar-refractivity contribution is 0.156. The monoisotopic (exact) mass is 219 g/mol. The Bertz CT molecular complexity index is 230.